The lowest BCUT2D eigenvalue weighted by Crippen LogP contribution is -2.34. The summed E-state index contributed by atoms with van der Waals surface area (Å²) in [7, 11) is -8.64. The Bertz CT molecular complexity index is 2010. The van der Waals surface area contributed by atoms with E-state index in [1.807, 2.05) is 26.0 Å². The summed E-state index contributed by atoms with van der Waals surface area (Å²) >= 11 is 0. The molecule has 0 saturated heterocycles. The van der Waals surface area contributed by atoms with Crippen LogP contribution in [0.5, 0.6) is 0 Å². The van der Waals surface area contributed by atoms with Gasteiger partial charge in [0.25, 0.3) is 20.2 Å². The van der Waals surface area contributed by atoms with Crippen LogP contribution in [-0.2, 0) is 40.7 Å². The summed E-state index contributed by atoms with van der Waals surface area (Å²) in [5, 5.41) is 10.6. The fourth-order valence-corrected chi connectivity index (χ4v) is 7.85. The Morgan fingerprint density at radius 1 is 0.904 bits per heavy atom. The van der Waals surface area contributed by atoms with Crippen LogP contribution in [0.25, 0.3) is 0 Å². The minimum atomic E-state index is -4.41. The summed E-state index contributed by atoms with van der Waals surface area (Å²) in [6, 6.07) is 11.0. The van der Waals surface area contributed by atoms with Gasteiger partial charge in [0.2, 0.25) is 11.6 Å². The molecule has 2 aliphatic heterocycles. The van der Waals surface area contributed by atoms with Crippen LogP contribution in [0.3, 0.4) is 0 Å². The number of allylic oxidation sites excluding steroid dienone is 4. The first-order valence-corrected chi connectivity index (χ1v) is 20.6. The van der Waals surface area contributed by atoms with Gasteiger partial charge in [-0.05, 0) is 83.2 Å². The van der Waals surface area contributed by atoms with Crippen molar-refractivity contribution in [3.05, 3.63) is 77.0 Å². The molecule has 2 aromatic carbocycles. The monoisotopic (exact) mass is 758 g/mol. The summed E-state index contributed by atoms with van der Waals surface area (Å²) in [5.41, 5.74) is 6.07. The summed E-state index contributed by atoms with van der Waals surface area (Å²) in [6.45, 7) is 12.9. The van der Waals surface area contributed by atoms with Gasteiger partial charge in [0.15, 0.2) is 5.71 Å². The third-order valence-electron chi connectivity index (χ3n) is 10.1. The van der Waals surface area contributed by atoms with Gasteiger partial charge < -0.3 is 15.3 Å². The zero-order valence-corrected chi connectivity index (χ0v) is 32.5. The lowest BCUT2D eigenvalue weighted by Gasteiger charge is -2.27. The lowest BCUT2D eigenvalue weighted by atomic mass is 9.81. The van der Waals surface area contributed by atoms with Gasteiger partial charge in [0, 0.05) is 66.9 Å². The summed E-state index contributed by atoms with van der Waals surface area (Å²) in [6.07, 6.45) is 9.73. The normalized spacial score (nSPS) is 17.8. The Kier molecular flexibility index (Phi) is 12.6. The van der Waals surface area contributed by atoms with Crippen LogP contribution in [0, 0.1) is 6.92 Å². The zero-order chi connectivity index (χ0) is 38.6. The van der Waals surface area contributed by atoms with E-state index in [4.69, 9.17) is 9.66 Å². The number of nitrogens with one attached hydrogen (secondary N) is 1. The van der Waals surface area contributed by atoms with Crippen molar-refractivity contribution in [2.24, 2.45) is 0 Å². The van der Waals surface area contributed by atoms with Gasteiger partial charge in [-0.1, -0.05) is 37.6 Å². The second-order valence-electron chi connectivity index (χ2n) is 14.8. The predicted molar refractivity (Wildman–Crippen MR) is 202 cm³/mol. The van der Waals surface area contributed by atoms with Gasteiger partial charge in [-0.15, -0.1) is 0 Å². The Morgan fingerprint density at radius 2 is 1.60 bits per heavy atom. The average molecular weight is 759 g/mol. The first kappa shape index (κ1) is 40.9. The number of anilines is 1. The van der Waals surface area contributed by atoms with Crippen molar-refractivity contribution in [2.45, 2.75) is 107 Å². The number of unbranched alkanes of at least 4 members (excludes halogenated alkanes) is 3. The largest absolute Gasteiger partial charge is 0.481 e. The number of benzene rings is 2. The molecule has 1 amide bonds. The first-order valence-electron chi connectivity index (χ1n) is 17.6. The van der Waals surface area contributed by atoms with Crippen LogP contribution < -0.4 is 10.2 Å². The maximum Gasteiger partial charge on any atom is 0.303 e. The molecular weight excluding hydrogens is 707 g/mol. The third kappa shape index (κ3) is 9.38. The Labute approximate surface area is 307 Å². The van der Waals surface area contributed by atoms with E-state index >= 15 is 0 Å². The number of hydrogen-bond donors (Lipinski definition) is 4. The van der Waals surface area contributed by atoms with E-state index in [0.29, 0.717) is 32.4 Å². The van der Waals surface area contributed by atoms with E-state index in [-0.39, 0.29) is 35.6 Å². The van der Waals surface area contributed by atoms with Gasteiger partial charge in [-0.25, -0.2) is 0 Å². The molecule has 4 N–H and O–H groups in total. The van der Waals surface area contributed by atoms with Gasteiger partial charge in [0.05, 0.1) is 10.3 Å². The van der Waals surface area contributed by atoms with Crippen molar-refractivity contribution in [2.75, 3.05) is 24.5 Å². The van der Waals surface area contributed by atoms with Gasteiger partial charge in [-0.3, -0.25) is 18.7 Å². The molecule has 14 heteroatoms. The van der Waals surface area contributed by atoms with Crippen LogP contribution in [0.2, 0.25) is 0 Å². The van der Waals surface area contributed by atoms with Gasteiger partial charge in [0.1, 0.15) is 11.8 Å². The number of amides is 1. The third-order valence-corrected chi connectivity index (χ3v) is 12.2. The number of nitrogens with zero attached hydrogens (tertiary/aromatic N) is 2. The molecule has 1 unspecified atom stereocenters. The van der Waals surface area contributed by atoms with E-state index in [9.17, 15) is 31.0 Å². The Hall–Kier alpha value is -3.85. The smallest absolute Gasteiger partial charge is 0.303 e. The molecule has 52 heavy (non-hydrogen) atoms. The van der Waals surface area contributed by atoms with Crippen molar-refractivity contribution in [1.82, 2.24) is 5.32 Å². The molecule has 0 spiro atoms. The first-order chi connectivity index (χ1) is 24.2. The van der Waals surface area contributed by atoms with E-state index in [1.54, 1.807) is 6.07 Å². The minimum Gasteiger partial charge on any atom is -0.481 e. The zero-order valence-electron chi connectivity index (χ0n) is 30.8. The molecule has 12 nitrogen and oxygen atoms in total. The second-order valence-corrected chi connectivity index (χ2v) is 18.1. The maximum absolute atomic E-state index is 12.4. The minimum absolute atomic E-state index is 0.0988. The van der Waals surface area contributed by atoms with E-state index in [0.717, 1.165) is 46.8 Å². The molecule has 4 rings (SSSR count). The van der Waals surface area contributed by atoms with Gasteiger partial charge in [-0.2, -0.15) is 21.4 Å². The predicted octanol–water partition coefficient (Wildman–Crippen LogP) is 6.06. The van der Waals surface area contributed by atoms with Crippen LogP contribution >= 0.6 is 0 Å². The number of carboxylic acids is 1. The molecular formula is C38H52N3O9S2+. The van der Waals surface area contributed by atoms with Crippen LogP contribution in [0.1, 0.15) is 96.3 Å². The SMILES string of the molecule is Cc1ccc2c(c1)C(C)(C)/C(=C\C=C\C1=[N+](CCCCCC(=O)O)c3ccc(S(=O)(=O)O)cc3C1(C)C)N2CCCCC(=O)NCC(C)S(=O)(=O)O. The number of aryl methyl sites for hydroxylation is 1. The maximum atomic E-state index is 12.4. The molecule has 0 aliphatic carbocycles. The second kappa shape index (κ2) is 16.0. The summed E-state index contributed by atoms with van der Waals surface area (Å²) in [4.78, 5) is 25.6. The molecule has 2 aromatic rings. The fourth-order valence-electron chi connectivity index (χ4n) is 7.05. The molecule has 1 atom stereocenters. The van der Waals surface area contributed by atoms with Crippen LogP contribution in [0.4, 0.5) is 11.4 Å². The number of hydrogen-bond acceptors (Lipinski definition) is 7. The summed E-state index contributed by atoms with van der Waals surface area (Å²) in [5.74, 6) is -1.11. The molecule has 0 saturated carbocycles. The number of carbonyl (C=O) groups excluding carboxylic acids is 1. The number of carboxylic acid groups (broad SMARTS) is 1. The number of fused-ring (bicyclic) bond motifs is 2. The van der Waals surface area contributed by atoms with Crippen LogP contribution in [0.15, 0.2) is 65.2 Å². The molecule has 2 aliphatic rings. The van der Waals surface area contributed by atoms with Crippen molar-refractivity contribution < 1.29 is 45.2 Å². The molecule has 2 heterocycles. The standard InChI is InChI=1S/C38H51N3O9S2/c1-26-17-19-31-29(23-26)37(3,4)33(41(31)22-11-9-15-35(42)39-25-27(2)51(45,46)47)13-12-14-34-38(5,6)30-24-28(52(48,49)50)18-20-32(30)40(34)21-10-7-8-16-36(43)44/h12-14,17-20,23-24,27H,7-11,15-16,21-22,25H2,1-6H3,(H3-,39,42,43,44,45,46,47,48,49,50)/p+1. The Balaban J connectivity index is 1.61. The van der Waals surface area contributed by atoms with E-state index in [2.05, 4.69) is 59.8 Å². The number of carbonyl (C=O) groups is 2. The highest BCUT2D eigenvalue weighted by Crippen LogP contribution is 2.48. The number of rotatable bonds is 17. The van der Waals surface area contributed by atoms with Crippen molar-refractivity contribution >= 4 is 49.2 Å². The number of aliphatic carboxylic acids is 1. The fraction of sp³-hybridized carbons (Fsp3) is 0.500. The van der Waals surface area contributed by atoms with Crippen molar-refractivity contribution in [1.29, 1.82) is 0 Å². The summed E-state index contributed by atoms with van der Waals surface area (Å²) < 4.78 is 67.8. The average Bonchev–Trinajstić information content (AvgIpc) is 3.38. The van der Waals surface area contributed by atoms with Gasteiger partial charge >= 0.3 is 5.97 Å². The molecule has 0 radical (unpaired) electrons. The molecule has 284 valence electrons. The molecule has 0 bridgehead atoms. The highest BCUT2D eigenvalue weighted by atomic mass is 32.2. The highest BCUT2D eigenvalue weighted by Gasteiger charge is 2.45. The lowest BCUT2D eigenvalue weighted by molar-refractivity contribution is -0.438. The highest BCUT2D eigenvalue weighted by molar-refractivity contribution is 7.86. The van der Waals surface area contributed by atoms with Crippen molar-refractivity contribution in [3.8, 4) is 0 Å². The van der Waals surface area contributed by atoms with E-state index in [1.165, 1.54) is 24.6 Å². The quantitative estimate of drug-likeness (QED) is 0.0841. The molecule has 0 aromatic heterocycles. The molecule has 0 fully saturated rings. The van der Waals surface area contributed by atoms with E-state index < -0.39 is 36.9 Å². The Morgan fingerprint density at radius 3 is 2.25 bits per heavy atom. The van der Waals surface area contributed by atoms with Crippen LogP contribution in [-0.4, -0.2) is 78.1 Å². The van der Waals surface area contributed by atoms with Crippen molar-refractivity contribution in [3.63, 3.8) is 0 Å². The topological polar surface area (TPSA) is 181 Å².